The fourth-order valence-corrected chi connectivity index (χ4v) is 6.55. The van der Waals surface area contributed by atoms with E-state index >= 15 is 0 Å². The largest absolute Gasteiger partial charge is 0.450 e. The summed E-state index contributed by atoms with van der Waals surface area (Å²) in [6.07, 6.45) is 6.41. The zero-order chi connectivity index (χ0) is 27.2. The number of ether oxygens (including phenoxy) is 1. The number of rotatable bonds is 9. The van der Waals surface area contributed by atoms with Gasteiger partial charge in [0.05, 0.1) is 23.6 Å². The third kappa shape index (κ3) is 6.16. The molecule has 2 fully saturated rings. The number of amides is 2. The summed E-state index contributed by atoms with van der Waals surface area (Å²) in [6, 6.07) is 10.5. The number of hydrogen-bond donors (Lipinski definition) is 1. The summed E-state index contributed by atoms with van der Waals surface area (Å²) in [5.41, 5.74) is 0.870. The van der Waals surface area contributed by atoms with E-state index in [9.17, 15) is 18.0 Å². The smallest absolute Gasteiger partial charge is 0.407 e. The molecule has 3 heterocycles. The van der Waals surface area contributed by atoms with E-state index in [2.05, 4.69) is 21.8 Å². The fourth-order valence-electron chi connectivity index (χ4n) is 4.97. The highest BCUT2D eigenvalue weighted by molar-refractivity contribution is 7.89. The van der Waals surface area contributed by atoms with Gasteiger partial charge in [-0.3, -0.25) is 9.78 Å². The van der Waals surface area contributed by atoms with Gasteiger partial charge in [0.15, 0.2) is 0 Å². The molecule has 2 aliphatic heterocycles. The number of piperazine rings is 1. The third-order valence-corrected chi connectivity index (χ3v) is 9.01. The lowest BCUT2D eigenvalue weighted by atomic mass is 9.86. The van der Waals surface area contributed by atoms with E-state index in [0.717, 1.165) is 5.69 Å². The number of carbonyl (C=O) groups excluding carboxylic acids is 2. The van der Waals surface area contributed by atoms with Gasteiger partial charge in [0.25, 0.3) is 0 Å². The van der Waals surface area contributed by atoms with Crippen molar-refractivity contribution >= 4 is 33.8 Å². The molecular weight excluding hydrogens is 506 g/mol. The summed E-state index contributed by atoms with van der Waals surface area (Å²) < 4.78 is 33.2. The second kappa shape index (κ2) is 12.0. The number of alkyl carbamates (subject to hydrolysis) is 1. The van der Waals surface area contributed by atoms with Crippen molar-refractivity contribution in [3.63, 3.8) is 0 Å². The van der Waals surface area contributed by atoms with Crippen LogP contribution >= 0.6 is 0 Å². The number of pyridine rings is 1. The maximum Gasteiger partial charge on any atom is 0.407 e. The molecule has 1 aromatic carbocycles. The van der Waals surface area contributed by atoms with Gasteiger partial charge in [-0.1, -0.05) is 37.8 Å². The lowest BCUT2D eigenvalue weighted by molar-refractivity contribution is -0.135. The van der Waals surface area contributed by atoms with E-state index in [1.54, 1.807) is 35.5 Å². The van der Waals surface area contributed by atoms with Gasteiger partial charge in [-0.2, -0.15) is 4.31 Å². The average Bonchev–Trinajstić information content (AvgIpc) is 2.93. The predicted octanol–water partition coefficient (Wildman–Crippen LogP) is 2.73. The molecular formula is C27H35N5O5S. The Bertz CT molecular complexity index is 1250. The Balaban J connectivity index is 1.47. The summed E-state index contributed by atoms with van der Waals surface area (Å²) in [4.78, 5) is 33.9. The molecule has 2 aromatic rings. The summed E-state index contributed by atoms with van der Waals surface area (Å²) in [6.45, 7) is 7.73. The highest BCUT2D eigenvalue weighted by atomic mass is 32.2. The number of benzene rings is 1. The monoisotopic (exact) mass is 541 g/mol. The van der Waals surface area contributed by atoms with E-state index in [4.69, 9.17) is 4.74 Å². The van der Waals surface area contributed by atoms with E-state index in [1.165, 1.54) is 16.4 Å². The minimum Gasteiger partial charge on any atom is -0.450 e. The maximum atomic E-state index is 13.3. The number of nitrogens with one attached hydrogen (secondary N) is 1. The quantitative estimate of drug-likeness (QED) is 0.520. The lowest BCUT2D eigenvalue weighted by Crippen LogP contribution is -2.64. The first-order valence-corrected chi connectivity index (χ1v) is 14.3. The number of anilines is 1. The molecule has 2 amide bonds. The molecule has 0 radical (unpaired) electrons. The normalized spacial score (nSPS) is 18.2. The SMILES string of the molecule is C=Cc1ccccc1S(=O)(=O)N1CCN(CC2(NC(=O)OCCC)CCN(c3ccncc3)CC2)C(=O)C1. The Morgan fingerprint density at radius 2 is 1.84 bits per heavy atom. The number of carbonyl (C=O) groups is 2. The molecule has 38 heavy (non-hydrogen) atoms. The molecule has 1 N–H and O–H groups in total. The zero-order valence-electron chi connectivity index (χ0n) is 21.7. The van der Waals surface area contributed by atoms with Crippen LogP contribution in [0.25, 0.3) is 6.08 Å². The summed E-state index contributed by atoms with van der Waals surface area (Å²) in [5, 5.41) is 3.05. The van der Waals surface area contributed by atoms with Gasteiger partial charge in [0.2, 0.25) is 15.9 Å². The van der Waals surface area contributed by atoms with Crippen molar-refractivity contribution in [2.45, 2.75) is 36.6 Å². The molecule has 10 nitrogen and oxygen atoms in total. The molecule has 0 aliphatic carbocycles. The summed E-state index contributed by atoms with van der Waals surface area (Å²) >= 11 is 0. The van der Waals surface area contributed by atoms with Crippen molar-refractivity contribution in [1.82, 2.24) is 19.5 Å². The molecule has 0 unspecified atom stereocenters. The molecule has 204 valence electrons. The Morgan fingerprint density at radius 1 is 1.13 bits per heavy atom. The van der Waals surface area contributed by atoms with E-state index in [0.29, 0.717) is 44.5 Å². The highest BCUT2D eigenvalue weighted by Gasteiger charge is 2.42. The van der Waals surface area contributed by atoms with Crippen LogP contribution in [0.5, 0.6) is 0 Å². The van der Waals surface area contributed by atoms with Crippen molar-refractivity contribution in [3.05, 3.63) is 60.9 Å². The molecule has 0 saturated carbocycles. The number of piperidine rings is 1. The molecule has 2 saturated heterocycles. The predicted molar refractivity (Wildman–Crippen MR) is 145 cm³/mol. The van der Waals surface area contributed by atoms with Gasteiger partial charge in [0, 0.05) is 50.8 Å². The van der Waals surface area contributed by atoms with Crippen LogP contribution in [0.15, 0.2) is 60.3 Å². The highest BCUT2D eigenvalue weighted by Crippen LogP contribution is 2.29. The molecule has 11 heteroatoms. The third-order valence-electron chi connectivity index (χ3n) is 7.09. The Labute approximate surface area is 224 Å². The molecule has 4 rings (SSSR count). The number of nitrogens with zero attached hydrogens (tertiary/aromatic N) is 4. The zero-order valence-corrected chi connectivity index (χ0v) is 22.5. The number of aromatic nitrogens is 1. The molecule has 1 aromatic heterocycles. The van der Waals surface area contributed by atoms with Gasteiger partial charge in [-0.25, -0.2) is 13.2 Å². The van der Waals surface area contributed by atoms with Gasteiger partial charge in [-0.05, 0) is 43.0 Å². The van der Waals surface area contributed by atoms with Crippen LogP contribution in [-0.4, -0.2) is 86.0 Å². The minimum atomic E-state index is -3.86. The van der Waals surface area contributed by atoms with E-state index < -0.39 is 21.7 Å². The topological polar surface area (TPSA) is 112 Å². The van der Waals surface area contributed by atoms with Crippen molar-refractivity contribution in [1.29, 1.82) is 0 Å². The maximum absolute atomic E-state index is 13.3. The van der Waals surface area contributed by atoms with Crippen LogP contribution in [-0.2, 0) is 19.6 Å². The number of hydrogen-bond acceptors (Lipinski definition) is 7. The molecule has 0 bridgehead atoms. The first kappa shape index (κ1) is 27.6. The van der Waals surface area contributed by atoms with Gasteiger partial charge in [-0.15, -0.1) is 0 Å². The van der Waals surface area contributed by atoms with Crippen molar-refractivity contribution in [2.75, 3.05) is 50.8 Å². The summed E-state index contributed by atoms with van der Waals surface area (Å²) in [7, 11) is -3.86. The van der Waals surface area contributed by atoms with Gasteiger partial charge >= 0.3 is 6.09 Å². The van der Waals surface area contributed by atoms with Crippen LogP contribution in [0.2, 0.25) is 0 Å². The van der Waals surface area contributed by atoms with Crippen LogP contribution in [0.4, 0.5) is 10.5 Å². The number of sulfonamides is 1. The second-order valence-corrected chi connectivity index (χ2v) is 11.5. The first-order valence-electron chi connectivity index (χ1n) is 12.9. The Kier molecular flexibility index (Phi) is 8.68. The molecule has 0 spiro atoms. The Morgan fingerprint density at radius 3 is 2.50 bits per heavy atom. The molecule has 0 atom stereocenters. The lowest BCUT2D eigenvalue weighted by Gasteiger charge is -2.46. The van der Waals surface area contributed by atoms with Gasteiger partial charge in [0.1, 0.15) is 0 Å². The van der Waals surface area contributed by atoms with Gasteiger partial charge < -0.3 is 19.9 Å². The first-order chi connectivity index (χ1) is 18.3. The van der Waals surface area contributed by atoms with Crippen molar-refractivity contribution in [3.8, 4) is 0 Å². The van der Waals surface area contributed by atoms with Crippen LogP contribution in [0, 0.1) is 0 Å². The molecule has 2 aliphatic rings. The minimum absolute atomic E-state index is 0.136. The van der Waals surface area contributed by atoms with Crippen LogP contribution in [0.1, 0.15) is 31.7 Å². The average molecular weight is 542 g/mol. The fraction of sp³-hybridized carbons (Fsp3) is 0.444. The van der Waals surface area contributed by atoms with Crippen LogP contribution in [0.3, 0.4) is 0 Å². The standard InChI is InChI=1S/C27H35N5O5S/c1-3-19-37-26(34)29-27(11-15-30(16-12-27)23-9-13-28-14-10-23)21-31-17-18-32(20-25(31)33)38(35,36)24-8-6-5-7-22(24)4-2/h4-10,13-14H,2-3,11-12,15-21H2,1H3,(H,29,34). The van der Waals surface area contributed by atoms with E-state index in [1.807, 2.05) is 19.1 Å². The second-order valence-electron chi connectivity index (χ2n) is 9.63. The van der Waals surface area contributed by atoms with Crippen molar-refractivity contribution in [2.24, 2.45) is 0 Å². The van der Waals surface area contributed by atoms with Crippen molar-refractivity contribution < 1.29 is 22.7 Å². The van der Waals surface area contributed by atoms with Crippen LogP contribution < -0.4 is 10.2 Å². The summed E-state index contributed by atoms with van der Waals surface area (Å²) in [5.74, 6) is -0.296. The Hall–Kier alpha value is -3.44. The van der Waals surface area contributed by atoms with E-state index in [-0.39, 0.29) is 37.0 Å².